The predicted octanol–water partition coefficient (Wildman–Crippen LogP) is 3.19. The number of ether oxygens (including phenoxy) is 3. The molecule has 1 unspecified atom stereocenters. The summed E-state index contributed by atoms with van der Waals surface area (Å²) < 4.78 is 16.7. The molecule has 0 fully saturated rings. The van der Waals surface area contributed by atoms with E-state index in [4.69, 9.17) is 14.2 Å². The molecule has 0 bridgehead atoms. The lowest BCUT2D eigenvalue weighted by Crippen LogP contribution is -2.47. The first-order valence-corrected chi connectivity index (χ1v) is 10.2. The van der Waals surface area contributed by atoms with E-state index in [0.717, 1.165) is 0 Å². The van der Waals surface area contributed by atoms with E-state index >= 15 is 0 Å². The predicted molar refractivity (Wildman–Crippen MR) is 111 cm³/mol. The minimum Gasteiger partial charge on any atom is -0.483 e. The average Bonchev–Trinajstić information content (AvgIpc) is 2.65. The standard InChI is InChI=1S/C23H27NO7/c1-22(2,3)31-21(28)24-11-10-17(25)29-16-12-15-19(27)18(26)13-8-6-7-9-14(13)20(15)30-23(16,4)5/h6-9,16H,10-12H2,1-5H3,(H,24,28). The van der Waals surface area contributed by atoms with Crippen LogP contribution in [0, 0.1) is 0 Å². The molecule has 1 heterocycles. The minimum absolute atomic E-state index is 0.0422. The van der Waals surface area contributed by atoms with Gasteiger partial charge in [0.25, 0.3) is 0 Å². The summed E-state index contributed by atoms with van der Waals surface area (Å²) in [5, 5.41) is 2.50. The first-order valence-electron chi connectivity index (χ1n) is 10.2. The number of rotatable bonds is 4. The molecule has 3 rings (SSSR count). The number of nitrogens with one attached hydrogen (secondary N) is 1. The van der Waals surface area contributed by atoms with Gasteiger partial charge in [0.05, 0.1) is 12.0 Å². The van der Waals surface area contributed by atoms with Crippen molar-refractivity contribution in [3.63, 3.8) is 0 Å². The van der Waals surface area contributed by atoms with E-state index in [1.807, 2.05) is 0 Å². The molecule has 1 aromatic carbocycles. The van der Waals surface area contributed by atoms with Gasteiger partial charge in [-0.1, -0.05) is 24.3 Å². The molecule has 1 aromatic rings. The first kappa shape index (κ1) is 22.5. The van der Waals surface area contributed by atoms with E-state index in [2.05, 4.69) is 5.32 Å². The van der Waals surface area contributed by atoms with Crippen molar-refractivity contribution in [3.05, 3.63) is 41.0 Å². The molecular formula is C23H27NO7. The smallest absolute Gasteiger partial charge is 0.407 e. The monoisotopic (exact) mass is 429 g/mol. The third-order valence-corrected chi connectivity index (χ3v) is 4.97. The number of carbonyl (C=O) groups excluding carboxylic acids is 4. The highest BCUT2D eigenvalue weighted by atomic mass is 16.6. The van der Waals surface area contributed by atoms with Gasteiger partial charge in [0, 0.05) is 24.1 Å². The van der Waals surface area contributed by atoms with Gasteiger partial charge in [0.2, 0.25) is 11.6 Å². The van der Waals surface area contributed by atoms with Crippen LogP contribution < -0.4 is 5.32 Å². The lowest BCUT2D eigenvalue weighted by Gasteiger charge is -2.41. The quantitative estimate of drug-likeness (QED) is 0.578. The van der Waals surface area contributed by atoms with Crippen LogP contribution in [0.15, 0.2) is 29.8 Å². The largest absolute Gasteiger partial charge is 0.483 e. The summed E-state index contributed by atoms with van der Waals surface area (Å²) in [6.07, 6.45) is -1.39. The molecule has 1 aliphatic carbocycles. The SMILES string of the molecule is CC(C)(C)OC(=O)NCCC(=O)OC1CC2=C(OC1(C)C)c1ccccc1C(=O)C2=O. The van der Waals surface area contributed by atoms with Crippen LogP contribution in [0.2, 0.25) is 0 Å². The Bertz CT molecular complexity index is 968. The molecule has 1 amide bonds. The van der Waals surface area contributed by atoms with E-state index in [0.29, 0.717) is 16.9 Å². The first-order chi connectivity index (χ1) is 14.4. The number of hydrogen-bond donors (Lipinski definition) is 1. The molecule has 8 nitrogen and oxygen atoms in total. The van der Waals surface area contributed by atoms with E-state index in [1.165, 1.54) is 0 Å². The van der Waals surface area contributed by atoms with E-state index in [-0.39, 0.29) is 25.0 Å². The van der Waals surface area contributed by atoms with E-state index < -0.39 is 40.9 Å². The summed E-state index contributed by atoms with van der Waals surface area (Å²) in [6.45, 7) is 8.79. The van der Waals surface area contributed by atoms with Crippen LogP contribution >= 0.6 is 0 Å². The highest BCUT2D eigenvalue weighted by molar-refractivity contribution is 6.52. The highest BCUT2D eigenvalue weighted by Crippen LogP contribution is 2.42. The zero-order valence-electron chi connectivity index (χ0n) is 18.4. The molecule has 1 atom stereocenters. The van der Waals surface area contributed by atoms with Crippen molar-refractivity contribution in [2.24, 2.45) is 0 Å². The van der Waals surface area contributed by atoms with E-state index in [1.54, 1.807) is 58.9 Å². The van der Waals surface area contributed by atoms with Gasteiger partial charge in [0.15, 0.2) is 0 Å². The number of ketones is 2. The number of amides is 1. The Labute approximate surface area is 180 Å². The van der Waals surface area contributed by atoms with Gasteiger partial charge in [0.1, 0.15) is 23.1 Å². The molecule has 0 saturated carbocycles. The minimum atomic E-state index is -0.916. The van der Waals surface area contributed by atoms with Gasteiger partial charge in [-0.2, -0.15) is 0 Å². The van der Waals surface area contributed by atoms with Gasteiger partial charge in [-0.15, -0.1) is 0 Å². The van der Waals surface area contributed by atoms with Crippen molar-refractivity contribution in [1.82, 2.24) is 5.32 Å². The van der Waals surface area contributed by atoms with Gasteiger partial charge in [-0.3, -0.25) is 14.4 Å². The third kappa shape index (κ3) is 4.95. The van der Waals surface area contributed by atoms with Crippen LogP contribution in [0.25, 0.3) is 5.76 Å². The number of carbonyl (C=O) groups is 4. The maximum atomic E-state index is 12.6. The summed E-state index contributed by atoms with van der Waals surface area (Å²) >= 11 is 0. The lowest BCUT2D eigenvalue weighted by molar-refractivity contribution is -0.163. The maximum absolute atomic E-state index is 12.6. The Morgan fingerprint density at radius 2 is 1.77 bits per heavy atom. The summed E-state index contributed by atoms with van der Waals surface area (Å²) in [6, 6.07) is 6.80. The molecule has 166 valence electrons. The molecule has 31 heavy (non-hydrogen) atoms. The van der Waals surface area contributed by atoms with Crippen LogP contribution in [-0.4, -0.2) is 47.5 Å². The molecule has 0 radical (unpaired) electrons. The Hall–Kier alpha value is -3.16. The average molecular weight is 429 g/mol. The Balaban J connectivity index is 1.67. The van der Waals surface area contributed by atoms with Gasteiger partial charge >= 0.3 is 12.1 Å². The van der Waals surface area contributed by atoms with Gasteiger partial charge in [-0.05, 0) is 34.6 Å². The van der Waals surface area contributed by atoms with Crippen molar-refractivity contribution in [3.8, 4) is 0 Å². The zero-order chi connectivity index (χ0) is 23.0. The number of Topliss-reactive ketones (excluding diaryl/α,β-unsaturated/α-hetero) is 2. The fourth-order valence-corrected chi connectivity index (χ4v) is 3.45. The molecule has 1 N–H and O–H groups in total. The van der Waals surface area contributed by atoms with Crippen LogP contribution in [0.5, 0.6) is 0 Å². The second-order valence-corrected chi connectivity index (χ2v) is 9.08. The number of esters is 1. The van der Waals surface area contributed by atoms with Crippen LogP contribution in [0.1, 0.15) is 63.4 Å². The molecule has 1 aliphatic heterocycles. The Kier molecular flexibility index (Phi) is 5.93. The Morgan fingerprint density at radius 1 is 1.13 bits per heavy atom. The number of alkyl carbamates (subject to hydrolysis) is 1. The molecule has 0 aromatic heterocycles. The molecule has 0 saturated heterocycles. The fraction of sp³-hybridized carbons (Fsp3) is 0.478. The number of benzene rings is 1. The Morgan fingerprint density at radius 3 is 2.42 bits per heavy atom. The molecule has 8 heteroatoms. The zero-order valence-corrected chi connectivity index (χ0v) is 18.4. The number of hydrogen-bond acceptors (Lipinski definition) is 7. The van der Waals surface area contributed by atoms with Gasteiger partial charge in [-0.25, -0.2) is 4.79 Å². The topological polar surface area (TPSA) is 108 Å². The van der Waals surface area contributed by atoms with Crippen molar-refractivity contribution in [2.75, 3.05) is 6.54 Å². The van der Waals surface area contributed by atoms with Crippen LogP contribution in [-0.2, 0) is 23.8 Å². The van der Waals surface area contributed by atoms with Crippen LogP contribution in [0.3, 0.4) is 0 Å². The third-order valence-electron chi connectivity index (χ3n) is 4.97. The fourth-order valence-electron chi connectivity index (χ4n) is 3.45. The van der Waals surface area contributed by atoms with E-state index in [9.17, 15) is 19.2 Å². The molecule has 0 spiro atoms. The summed E-state index contributed by atoms with van der Waals surface area (Å²) in [5.74, 6) is -1.43. The number of fused-ring (bicyclic) bond motifs is 2. The summed E-state index contributed by atoms with van der Waals surface area (Å²) in [7, 11) is 0. The summed E-state index contributed by atoms with van der Waals surface area (Å²) in [4.78, 5) is 49.1. The van der Waals surface area contributed by atoms with Crippen molar-refractivity contribution in [2.45, 2.75) is 64.8 Å². The second kappa shape index (κ2) is 8.17. The molecular weight excluding hydrogens is 402 g/mol. The van der Waals surface area contributed by atoms with Crippen LogP contribution in [0.4, 0.5) is 4.79 Å². The highest BCUT2D eigenvalue weighted by Gasteiger charge is 2.46. The maximum Gasteiger partial charge on any atom is 0.407 e. The van der Waals surface area contributed by atoms with Gasteiger partial charge < -0.3 is 19.5 Å². The normalized spacial score (nSPS) is 19.7. The van der Waals surface area contributed by atoms with Crippen molar-refractivity contribution >= 4 is 29.4 Å². The molecule has 2 aliphatic rings. The van der Waals surface area contributed by atoms with Crippen molar-refractivity contribution in [1.29, 1.82) is 0 Å². The summed E-state index contributed by atoms with van der Waals surface area (Å²) in [5.41, 5.74) is -0.455. The van der Waals surface area contributed by atoms with Crippen molar-refractivity contribution < 1.29 is 33.4 Å². The second-order valence-electron chi connectivity index (χ2n) is 9.08. The lowest BCUT2D eigenvalue weighted by atomic mass is 9.81.